The third-order valence-corrected chi connectivity index (χ3v) is 5.71. The van der Waals surface area contributed by atoms with Crippen LogP contribution in [0.3, 0.4) is 0 Å². The van der Waals surface area contributed by atoms with Gasteiger partial charge in [0.25, 0.3) is 11.8 Å². The summed E-state index contributed by atoms with van der Waals surface area (Å²) in [6.07, 6.45) is 0. The standard InChI is InChI=1S/C19H17Cl2N3O2/c20-16-10-14-15(11-17(16)21)19(26)24(18(14)25)12-22-6-8-23(9-7-22)13-4-2-1-3-5-13/h1-5,10-11H,6-9,12H2/p+1. The summed E-state index contributed by atoms with van der Waals surface area (Å²) in [6, 6.07) is 13.2. The smallest absolute Gasteiger partial charge is 0.266 e. The van der Waals surface area contributed by atoms with Crippen molar-refractivity contribution in [2.75, 3.05) is 37.7 Å². The zero-order chi connectivity index (χ0) is 18.3. The molecule has 1 fully saturated rings. The second kappa shape index (κ2) is 6.91. The summed E-state index contributed by atoms with van der Waals surface area (Å²) in [6.45, 7) is 3.87. The second-order valence-electron chi connectivity index (χ2n) is 6.58. The predicted octanol–water partition coefficient (Wildman–Crippen LogP) is 1.95. The van der Waals surface area contributed by atoms with Gasteiger partial charge < -0.3 is 9.80 Å². The topological polar surface area (TPSA) is 45.1 Å². The minimum absolute atomic E-state index is 0.289. The number of nitrogens with zero attached hydrogens (tertiary/aromatic N) is 2. The van der Waals surface area contributed by atoms with E-state index in [9.17, 15) is 9.59 Å². The van der Waals surface area contributed by atoms with Gasteiger partial charge in [0, 0.05) is 5.69 Å². The van der Waals surface area contributed by atoms with Crippen molar-refractivity contribution in [2.45, 2.75) is 0 Å². The summed E-state index contributed by atoms with van der Waals surface area (Å²) in [5.41, 5.74) is 1.88. The summed E-state index contributed by atoms with van der Waals surface area (Å²) in [5.74, 6) is -0.580. The normalized spacial score (nSPS) is 17.8. The van der Waals surface area contributed by atoms with Crippen LogP contribution in [0.2, 0.25) is 10.0 Å². The van der Waals surface area contributed by atoms with Crippen LogP contribution in [0.15, 0.2) is 42.5 Å². The Bertz CT molecular complexity index is 824. The number of rotatable bonds is 3. The Labute approximate surface area is 161 Å². The van der Waals surface area contributed by atoms with Gasteiger partial charge in [-0.05, 0) is 24.3 Å². The highest BCUT2D eigenvalue weighted by molar-refractivity contribution is 6.43. The summed E-state index contributed by atoms with van der Waals surface area (Å²) in [5, 5.41) is 0.578. The van der Waals surface area contributed by atoms with Gasteiger partial charge in [-0.3, -0.25) is 9.59 Å². The van der Waals surface area contributed by atoms with Gasteiger partial charge in [0.2, 0.25) is 0 Å². The highest BCUT2D eigenvalue weighted by Crippen LogP contribution is 2.31. The van der Waals surface area contributed by atoms with Crippen LogP contribution in [0.25, 0.3) is 0 Å². The number of halogens is 2. The zero-order valence-corrected chi connectivity index (χ0v) is 15.6. The van der Waals surface area contributed by atoms with Crippen LogP contribution in [-0.4, -0.2) is 49.6 Å². The number of carbonyl (C=O) groups is 2. The molecule has 4 rings (SSSR count). The fourth-order valence-corrected chi connectivity index (χ4v) is 3.86. The number of para-hydroxylation sites is 1. The molecule has 0 bridgehead atoms. The molecular formula is C19H18Cl2N3O2+. The van der Waals surface area contributed by atoms with E-state index in [4.69, 9.17) is 23.2 Å². The maximum atomic E-state index is 12.6. The van der Waals surface area contributed by atoms with E-state index in [1.54, 1.807) is 0 Å². The van der Waals surface area contributed by atoms with E-state index >= 15 is 0 Å². The maximum Gasteiger partial charge on any atom is 0.266 e. The minimum atomic E-state index is -0.290. The summed E-state index contributed by atoms with van der Waals surface area (Å²) in [7, 11) is 0. The van der Waals surface area contributed by atoms with Gasteiger partial charge in [0.05, 0.1) is 47.4 Å². The van der Waals surface area contributed by atoms with E-state index in [2.05, 4.69) is 17.0 Å². The van der Waals surface area contributed by atoms with Gasteiger partial charge in [0.15, 0.2) is 6.67 Å². The van der Waals surface area contributed by atoms with Crippen LogP contribution < -0.4 is 9.80 Å². The third-order valence-electron chi connectivity index (χ3n) is 4.99. The van der Waals surface area contributed by atoms with Gasteiger partial charge in [-0.25, -0.2) is 4.90 Å². The number of hydrogen-bond acceptors (Lipinski definition) is 3. The predicted molar refractivity (Wildman–Crippen MR) is 101 cm³/mol. The van der Waals surface area contributed by atoms with E-state index in [1.807, 2.05) is 18.2 Å². The summed E-state index contributed by atoms with van der Waals surface area (Å²) < 4.78 is 0. The van der Waals surface area contributed by atoms with Crippen molar-refractivity contribution < 1.29 is 14.5 Å². The van der Waals surface area contributed by atoms with Crippen LogP contribution in [0.1, 0.15) is 20.7 Å². The Kier molecular flexibility index (Phi) is 4.61. The van der Waals surface area contributed by atoms with Crippen LogP contribution in [-0.2, 0) is 0 Å². The van der Waals surface area contributed by atoms with Crippen molar-refractivity contribution in [3.8, 4) is 0 Å². The SMILES string of the molecule is O=C1c2cc(Cl)c(Cl)cc2C(=O)N1C[NH+]1CCN(c2ccccc2)CC1. The molecule has 2 heterocycles. The monoisotopic (exact) mass is 390 g/mol. The molecule has 134 valence electrons. The highest BCUT2D eigenvalue weighted by atomic mass is 35.5. The lowest BCUT2D eigenvalue weighted by molar-refractivity contribution is -0.907. The molecule has 5 nitrogen and oxygen atoms in total. The molecule has 0 aliphatic carbocycles. The van der Waals surface area contributed by atoms with E-state index in [0.29, 0.717) is 17.8 Å². The quantitative estimate of drug-likeness (QED) is 0.814. The van der Waals surface area contributed by atoms with Crippen LogP contribution in [0.4, 0.5) is 5.69 Å². The van der Waals surface area contributed by atoms with Gasteiger partial charge in [0.1, 0.15) is 0 Å². The third kappa shape index (κ3) is 3.07. The first-order valence-electron chi connectivity index (χ1n) is 8.53. The lowest BCUT2D eigenvalue weighted by Gasteiger charge is -2.34. The van der Waals surface area contributed by atoms with Crippen molar-refractivity contribution >= 4 is 40.7 Å². The largest absolute Gasteiger partial charge is 0.360 e. The van der Waals surface area contributed by atoms with E-state index in [1.165, 1.54) is 27.6 Å². The fourth-order valence-electron chi connectivity index (χ4n) is 3.53. The molecular weight excluding hydrogens is 373 g/mol. The molecule has 2 amide bonds. The molecule has 0 atom stereocenters. The molecule has 2 aliphatic rings. The molecule has 26 heavy (non-hydrogen) atoms. The number of hydrogen-bond donors (Lipinski definition) is 1. The number of benzene rings is 2. The maximum absolute atomic E-state index is 12.6. The Balaban J connectivity index is 1.43. The van der Waals surface area contributed by atoms with E-state index in [0.717, 1.165) is 26.2 Å². The lowest BCUT2D eigenvalue weighted by atomic mass is 10.1. The number of imide groups is 1. The lowest BCUT2D eigenvalue weighted by Crippen LogP contribution is -3.16. The molecule has 0 radical (unpaired) electrons. The Morgan fingerprint density at radius 3 is 1.96 bits per heavy atom. The molecule has 2 aromatic carbocycles. The molecule has 0 saturated carbocycles. The number of carbonyl (C=O) groups excluding carboxylic acids is 2. The van der Waals surface area contributed by atoms with Crippen LogP contribution in [0.5, 0.6) is 0 Å². The summed E-state index contributed by atoms with van der Waals surface area (Å²) >= 11 is 12.0. The molecule has 2 aliphatic heterocycles. The second-order valence-corrected chi connectivity index (χ2v) is 7.40. The Morgan fingerprint density at radius 2 is 1.42 bits per heavy atom. The first-order valence-corrected chi connectivity index (χ1v) is 9.29. The Hall–Kier alpha value is -2.08. The van der Waals surface area contributed by atoms with Gasteiger partial charge in [-0.2, -0.15) is 0 Å². The number of nitrogens with one attached hydrogen (secondary N) is 1. The number of fused-ring (bicyclic) bond motifs is 1. The average molecular weight is 391 g/mol. The number of piperazine rings is 1. The minimum Gasteiger partial charge on any atom is -0.360 e. The van der Waals surface area contributed by atoms with Crippen molar-refractivity contribution in [2.24, 2.45) is 0 Å². The van der Waals surface area contributed by atoms with Gasteiger partial charge in [-0.15, -0.1) is 0 Å². The number of amides is 2. The average Bonchev–Trinajstić information content (AvgIpc) is 2.88. The van der Waals surface area contributed by atoms with Crippen LogP contribution >= 0.6 is 23.2 Å². The number of anilines is 1. The van der Waals surface area contributed by atoms with Crippen molar-refractivity contribution in [1.29, 1.82) is 0 Å². The molecule has 0 unspecified atom stereocenters. The number of quaternary nitrogens is 1. The van der Waals surface area contributed by atoms with Crippen molar-refractivity contribution in [1.82, 2.24) is 4.90 Å². The zero-order valence-electron chi connectivity index (χ0n) is 14.0. The van der Waals surface area contributed by atoms with Gasteiger partial charge in [-0.1, -0.05) is 41.4 Å². The molecule has 2 aromatic rings. The highest BCUT2D eigenvalue weighted by Gasteiger charge is 2.39. The molecule has 0 aromatic heterocycles. The van der Waals surface area contributed by atoms with Crippen LogP contribution in [0, 0.1) is 0 Å². The van der Waals surface area contributed by atoms with Crippen molar-refractivity contribution in [3.05, 3.63) is 63.6 Å². The molecule has 1 saturated heterocycles. The Morgan fingerprint density at radius 1 is 0.885 bits per heavy atom. The molecule has 0 spiro atoms. The van der Waals surface area contributed by atoms with E-state index < -0.39 is 0 Å². The van der Waals surface area contributed by atoms with Gasteiger partial charge >= 0.3 is 0 Å². The first-order chi connectivity index (χ1) is 12.5. The summed E-state index contributed by atoms with van der Waals surface area (Å²) in [4.78, 5) is 30.1. The first kappa shape index (κ1) is 17.3. The molecule has 7 heteroatoms. The fraction of sp³-hybridized carbons (Fsp3) is 0.263. The van der Waals surface area contributed by atoms with Crippen molar-refractivity contribution in [3.63, 3.8) is 0 Å². The van der Waals surface area contributed by atoms with E-state index in [-0.39, 0.29) is 21.9 Å². The molecule has 1 N–H and O–H groups in total.